The molecule has 7 nitrogen and oxygen atoms in total. The van der Waals surface area contributed by atoms with E-state index in [0.717, 1.165) is 0 Å². The first-order valence-corrected chi connectivity index (χ1v) is 4.87. The zero-order valence-electron chi connectivity index (χ0n) is 9.15. The predicted molar refractivity (Wildman–Crippen MR) is 52.4 cm³/mol. The van der Waals surface area contributed by atoms with Crippen molar-refractivity contribution in [3.8, 4) is 0 Å². The SMILES string of the molecule is CCOC(=O)C(=O)NCCc1nnc(C)o1. The summed E-state index contributed by atoms with van der Waals surface area (Å²) in [5, 5.41) is 9.75. The summed E-state index contributed by atoms with van der Waals surface area (Å²) in [6.45, 7) is 3.73. The highest BCUT2D eigenvalue weighted by Crippen LogP contribution is 1.97. The Bertz CT molecular complexity index is 375. The Morgan fingerprint density at radius 3 is 2.75 bits per heavy atom. The zero-order chi connectivity index (χ0) is 12.0. The predicted octanol–water partition coefficient (Wildman–Crippen LogP) is -0.400. The highest BCUT2D eigenvalue weighted by molar-refractivity contribution is 6.32. The van der Waals surface area contributed by atoms with Gasteiger partial charge < -0.3 is 14.5 Å². The minimum absolute atomic E-state index is 0.176. The van der Waals surface area contributed by atoms with Crippen molar-refractivity contribution in [2.24, 2.45) is 0 Å². The third-order valence-electron chi connectivity index (χ3n) is 1.65. The Kier molecular flexibility index (Phi) is 4.43. The van der Waals surface area contributed by atoms with Crippen LogP contribution >= 0.6 is 0 Å². The average Bonchev–Trinajstić information content (AvgIpc) is 2.64. The lowest BCUT2D eigenvalue weighted by Gasteiger charge is -2.02. The van der Waals surface area contributed by atoms with Crippen LogP contribution in [0.15, 0.2) is 4.42 Å². The normalized spacial score (nSPS) is 9.88. The van der Waals surface area contributed by atoms with Crippen LogP contribution in [0.4, 0.5) is 0 Å². The van der Waals surface area contributed by atoms with Gasteiger partial charge in [-0.1, -0.05) is 0 Å². The molecule has 1 aromatic heterocycles. The Balaban J connectivity index is 2.25. The number of nitrogens with zero attached hydrogens (tertiary/aromatic N) is 2. The number of carbonyl (C=O) groups is 2. The summed E-state index contributed by atoms with van der Waals surface area (Å²) >= 11 is 0. The number of carbonyl (C=O) groups excluding carboxylic acids is 2. The lowest BCUT2D eigenvalue weighted by Crippen LogP contribution is -2.33. The molecule has 0 saturated carbocycles. The lowest BCUT2D eigenvalue weighted by molar-refractivity contribution is -0.154. The molecule has 0 aliphatic rings. The van der Waals surface area contributed by atoms with Gasteiger partial charge in [-0.3, -0.25) is 4.79 Å². The minimum Gasteiger partial charge on any atom is -0.459 e. The highest BCUT2D eigenvalue weighted by Gasteiger charge is 2.13. The van der Waals surface area contributed by atoms with Gasteiger partial charge in [-0.25, -0.2) is 4.79 Å². The van der Waals surface area contributed by atoms with Gasteiger partial charge >= 0.3 is 11.9 Å². The van der Waals surface area contributed by atoms with Crippen LogP contribution < -0.4 is 5.32 Å². The number of rotatable bonds is 4. The quantitative estimate of drug-likeness (QED) is 0.555. The molecular weight excluding hydrogens is 214 g/mol. The maximum atomic E-state index is 11.1. The third kappa shape index (κ3) is 3.68. The van der Waals surface area contributed by atoms with Crippen LogP contribution in [0.2, 0.25) is 0 Å². The van der Waals surface area contributed by atoms with E-state index in [1.54, 1.807) is 13.8 Å². The number of ether oxygens (including phenoxy) is 1. The molecule has 0 unspecified atom stereocenters. The van der Waals surface area contributed by atoms with E-state index in [0.29, 0.717) is 18.2 Å². The van der Waals surface area contributed by atoms with Crippen LogP contribution in [0.5, 0.6) is 0 Å². The molecule has 0 radical (unpaired) electrons. The van der Waals surface area contributed by atoms with Crippen LogP contribution in [-0.4, -0.2) is 35.2 Å². The smallest absolute Gasteiger partial charge is 0.396 e. The number of hydrogen-bond donors (Lipinski definition) is 1. The van der Waals surface area contributed by atoms with Gasteiger partial charge in [0.25, 0.3) is 0 Å². The first-order valence-electron chi connectivity index (χ1n) is 4.87. The van der Waals surface area contributed by atoms with Crippen molar-refractivity contribution in [1.82, 2.24) is 15.5 Å². The van der Waals surface area contributed by atoms with Gasteiger partial charge in [-0.2, -0.15) is 0 Å². The fourth-order valence-corrected chi connectivity index (χ4v) is 0.990. The fourth-order valence-electron chi connectivity index (χ4n) is 0.990. The van der Waals surface area contributed by atoms with Gasteiger partial charge in [0.2, 0.25) is 11.8 Å². The molecule has 0 bridgehead atoms. The first kappa shape index (κ1) is 12.2. The van der Waals surface area contributed by atoms with Gasteiger partial charge in [0.1, 0.15) is 0 Å². The molecular formula is C9H13N3O4. The fraction of sp³-hybridized carbons (Fsp3) is 0.556. The van der Waals surface area contributed by atoms with E-state index in [-0.39, 0.29) is 13.2 Å². The zero-order valence-corrected chi connectivity index (χ0v) is 9.15. The number of nitrogens with one attached hydrogen (secondary N) is 1. The summed E-state index contributed by atoms with van der Waals surface area (Å²) in [6.07, 6.45) is 0.381. The van der Waals surface area contributed by atoms with Gasteiger partial charge in [-0.05, 0) is 6.92 Å². The second kappa shape index (κ2) is 5.84. The molecule has 0 saturated heterocycles. The summed E-state index contributed by atoms with van der Waals surface area (Å²) in [4.78, 5) is 22.0. The van der Waals surface area contributed by atoms with E-state index < -0.39 is 11.9 Å². The van der Waals surface area contributed by atoms with Crippen molar-refractivity contribution < 1.29 is 18.7 Å². The molecule has 7 heteroatoms. The van der Waals surface area contributed by atoms with Gasteiger partial charge in [0, 0.05) is 19.9 Å². The van der Waals surface area contributed by atoms with Crippen molar-refractivity contribution in [2.75, 3.05) is 13.2 Å². The Hall–Kier alpha value is -1.92. The van der Waals surface area contributed by atoms with E-state index in [1.165, 1.54) is 0 Å². The summed E-state index contributed by atoms with van der Waals surface area (Å²) in [6, 6.07) is 0. The molecule has 0 spiro atoms. The Morgan fingerprint density at radius 2 is 2.19 bits per heavy atom. The van der Waals surface area contributed by atoms with Crippen LogP contribution in [0.3, 0.4) is 0 Å². The molecule has 1 aromatic rings. The van der Waals surface area contributed by atoms with E-state index in [4.69, 9.17) is 4.42 Å². The first-order chi connectivity index (χ1) is 7.63. The summed E-state index contributed by atoms with van der Waals surface area (Å²) in [5.41, 5.74) is 0. The highest BCUT2D eigenvalue weighted by atomic mass is 16.5. The van der Waals surface area contributed by atoms with E-state index in [1.807, 2.05) is 0 Å². The summed E-state index contributed by atoms with van der Waals surface area (Å²) in [7, 11) is 0. The lowest BCUT2D eigenvalue weighted by atomic mass is 10.4. The van der Waals surface area contributed by atoms with Crippen molar-refractivity contribution in [3.63, 3.8) is 0 Å². The third-order valence-corrected chi connectivity index (χ3v) is 1.65. The maximum absolute atomic E-state index is 11.1. The van der Waals surface area contributed by atoms with E-state index in [2.05, 4.69) is 20.3 Å². The van der Waals surface area contributed by atoms with Gasteiger partial charge in [-0.15, -0.1) is 10.2 Å². The standard InChI is InChI=1S/C9H13N3O4/c1-3-15-9(14)8(13)10-5-4-7-12-11-6(2)16-7/h3-5H2,1-2H3,(H,10,13). The number of aromatic nitrogens is 2. The van der Waals surface area contributed by atoms with Gasteiger partial charge in [0.15, 0.2) is 0 Å². The number of amides is 1. The monoisotopic (exact) mass is 227 g/mol. The van der Waals surface area contributed by atoms with E-state index >= 15 is 0 Å². The Morgan fingerprint density at radius 1 is 1.44 bits per heavy atom. The molecule has 0 fully saturated rings. The topological polar surface area (TPSA) is 94.3 Å². The molecule has 1 heterocycles. The molecule has 0 aliphatic carbocycles. The molecule has 0 aliphatic heterocycles. The number of aryl methyl sites for hydroxylation is 1. The molecule has 1 amide bonds. The number of hydrogen-bond acceptors (Lipinski definition) is 6. The second-order valence-electron chi connectivity index (χ2n) is 2.94. The summed E-state index contributed by atoms with van der Waals surface area (Å²) < 4.78 is 9.59. The molecule has 16 heavy (non-hydrogen) atoms. The second-order valence-corrected chi connectivity index (χ2v) is 2.94. The molecule has 0 aromatic carbocycles. The molecule has 1 rings (SSSR count). The molecule has 0 atom stereocenters. The molecule has 1 N–H and O–H groups in total. The maximum Gasteiger partial charge on any atom is 0.396 e. The number of esters is 1. The molecule has 88 valence electrons. The van der Waals surface area contributed by atoms with Crippen molar-refractivity contribution in [3.05, 3.63) is 11.8 Å². The van der Waals surface area contributed by atoms with Crippen LogP contribution in [0.25, 0.3) is 0 Å². The van der Waals surface area contributed by atoms with Crippen LogP contribution in [0, 0.1) is 6.92 Å². The Labute approximate surface area is 92.2 Å². The average molecular weight is 227 g/mol. The van der Waals surface area contributed by atoms with Crippen LogP contribution in [-0.2, 0) is 20.7 Å². The van der Waals surface area contributed by atoms with E-state index in [9.17, 15) is 9.59 Å². The van der Waals surface area contributed by atoms with Crippen LogP contribution in [0.1, 0.15) is 18.7 Å². The van der Waals surface area contributed by atoms with Crippen molar-refractivity contribution in [2.45, 2.75) is 20.3 Å². The summed E-state index contributed by atoms with van der Waals surface area (Å²) in [5.74, 6) is -0.768. The minimum atomic E-state index is -0.885. The van der Waals surface area contributed by atoms with Gasteiger partial charge in [0.05, 0.1) is 6.61 Å². The van der Waals surface area contributed by atoms with Crippen molar-refractivity contribution >= 4 is 11.9 Å². The van der Waals surface area contributed by atoms with Crippen molar-refractivity contribution in [1.29, 1.82) is 0 Å². The largest absolute Gasteiger partial charge is 0.459 e.